The molecule has 0 aromatic heterocycles. The predicted octanol–water partition coefficient (Wildman–Crippen LogP) is 1.76. The fourth-order valence-electron chi connectivity index (χ4n) is 0.270. The van der Waals surface area contributed by atoms with Gasteiger partial charge in [0, 0.05) is 6.42 Å². The molecule has 2 nitrogen and oxygen atoms in total. The minimum Gasteiger partial charge on any atom is -0.481 e. The minimum atomic E-state index is -0.754. The Morgan fingerprint density at radius 3 is 2.75 bits per heavy atom. The lowest BCUT2D eigenvalue weighted by molar-refractivity contribution is -0.136. The summed E-state index contributed by atoms with van der Waals surface area (Å²) in [6.45, 7) is 0. The summed E-state index contributed by atoms with van der Waals surface area (Å²) >= 11 is 3.03. The van der Waals surface area contributed by atoms with E-state index >= 15 is 0 Å². The number of hydrogen-bond donors (Lipinski definition) is 1. The molecular formula is C5H7BrO2. The molecule has 0 aliphatic carbocycles. The Morgan fingerprint density at radius 2 is 2.38 bits per heavy atom. The number of allylic oxidation sites excluding steroid dienone is 1. The second-order valence-corrected chi connectivity index (χ2v) is 1.82. The fraction of sp³-hybridized carbons (Fsp3) is 0.400. The fourth-order valence-corrected chi connectivity index (χ4v) is 0.534. The molecule has 0 aromatic carbocycles. The van der Waals surface area contributed by atoms with Crippen LogP contribution in [0.4, 0.5) is 0 Å². The molecule has 3 heteroatoms. The maximum absolute atomic E-state index is 9.82. The van der Waals surface area contributed by atoms with Crippen LogP contribution in [0, 0.1) is 0 Å². The molecule has 46 valence electrons. The number of carboxylic acids is 1. The Hall–Kier alpha value is -0.310. The highest BCUT2D eigenvalue weighted by atomic mass is 79.9. The van der Waals surface area contributed by atoms with E-state index in [4.69, 9.17) is 5.11 Å². The molecule has 0 unspecified atom stereocenters. The van der Waals surface area contributed by atoms with Gasteiger partial charge in [-0.25, -0.2) is 0 Å². The van der Waals surface area contributed by atoms with E-state index in [1.165, 1.54) is 0 Å². The number of carbonyl (C=O) groups is 1. The van der Waals surface area contributed by atoms with Gasteiger partial charge in [-0.1, -0.05) is 22.0 Å². The van der Waals surface area contributed by atoms with Crippen LogP contribution in [0.2, 0.25) is 0 Å². The highest BCUT2D eigenvalue weighted by molar-refractivity contribution is 9.11. The Kier molecular flexibility index (Phi) is 4.65. The van der Waals surface area contributed by atoms with E-state index in [0.29, 0.717) is 6.42 Å². The van der Waals surface area contributed by atoms with E-state index in [1.807, 2.05) is 0 Å². The summed E-state index contributed by atoms with van der Waals surface area (Å²) in [4.78, 5) is 11.5. The Bertz CT molecular complexity index is 98.6. The van der Waals surface area contributed by atoms with Gasteiger partial charge in [0.2, 0.25) is 0 Å². The van der Waals surface area contributed by atoms with Gasteiger partial charge in [0.15, 0.2) is 0 Å². The van der Waals surface area contributed by atoms with Crippen molar-refractivity contribution in [3.63, 3.8) is 0 Å². The van der Waals surface area contributed by atoms with Crippen molar-refractivity contribution < 1.29 is 9.90 Å². The van der Waals surface area contributed by atoms with E-state index in [9.17, 15) is 4.79 Å². The van der Waals surface area contributed by atoms with Crippen molar-refractivity contribution in [3.8, 4) is 0 Å². The van der Waals surface area contributed by atoms with Crippen LogP contribution in [-0.2, 0) is 4.79 Å². The summed E-state index contributed by atoms with van der Waals surface area (Å²) in [5.41, 5.74) is 0. The molecule has 0 aromatic rings. The van der Waals surface area contributed by atoms with Crippen LogP contribution in [0.5, 0.6) is 0 Å². The summed E-state index contributed by atoms with van der Waals surface area (Å²) in [7, 11) is 0. The van der Waals surface area contributed by atoms with Crippen LogP contribution in [0.3, 0.4) is 0 Å². The molecule has 0 atom stereocenters. The molecule has 0 aliphatic rings. The molecule has 0 saturated heterocycles. The third kappa shape index (κ3) is 5.69. The van der Waals surface area contributed by atoms with E-state index < -0.39 is 5.97 Å². The van der Waals surface area contributed by atoms with Crippen LogP contribution in [0.15, 0.2) is 11.1 Å². The van der Waals surface area contributed by atoms with Crippen LogP contribution in [0.25, 0.3) is 0 Å². The molecule has 0 bridgehead atoms. The van der Waals surface area contributed by atoms with Gasteiger partial charge in [-0.3, -0.25) is 4.79 Å². The van der Waals surface area contributed by atoms with Crippen LogP contribution < -0.4 is 0 Å². The zero-order valence-electron chi connectivity index (χ0n) is 4.30. The first kappa shape index (κ1) is 7.69. The Morgan fingerprint density at radius 1 is 1.75 bits per heavy atom. The molecule has 1 N–H and O–H groups in total. The predicted molar refractivity (Wildman–Crippen MR) is 34.9 cm³/mol. The van der Waals surface area contributed by atoms with Gasteiger partial charge in [-0.15, -0.1) is 0 Å². The Labute approximate surface area is 56.3 Å². The summed E-state index contributed by atoms with van der Waals surface area (Å²) < 4.78 is 0. The lowest BCUT2D eigenvalue weighted by atomic mass is 10.3. The Balaban J connectivity index is 3.05. The van der Waals surface area contributed by atoms with Gasteiger partial charge in [-0.05, 0) is 11.4 Å². The number of aliphatic carboxylic acids is 1. The van der Waals surface area contributed by atoms with Crippen molar-refractivity contribution in [2.75, 3.05) is 0 Å². The topological polar surface area (TPSA) is 37.3 Å². The maximum Gasteiger partial charge on any atom is 0.303 e. The number of carboxylic acid groups (broad SMARTS) is 1. The smallest absolute Gasteiger partial charge is 0.303 e. The van der Waals surface area contributed by atoms with Gasteiger partial charge in [-0.2, -0.15) is 0 Å². The third-order valence-electron chi connectivity index (χ3n) is 0.614. The lowest BCUT2D eigenvalue weighted by Gasteiger charge is -1.83. The summed E-state index contributed by atoms with van der Waals surface area (Å²) in [5.74, 6) is -0.754. The van der Waals surface area contributed by atoms with Crippen LogP contribution >= 0.6 is 15.9 Å². The SMILES string of the molecule is O=C(O)CC/C=C/Br. The first-order valence-electron chi connectivity index (χ1n) is 2.24. The molecule has 0 amide bonds. The van der Waals surface area contributed by atoms with Crippen molar-refractivity contribution in [2.24, 2.45) is 0 Å². The molecule has 0 rings (SSSR count). The zero-order chi connectivity index (χ0) is 6.41. The molecule has 0 saturated carbocycles. The molecular weight excluding hydrogens is 172 g/mol. The monoisotopic (exact) mass is 178 g/mol. The normalized spacial score (nSPS) is 10.1. The second kappa shape index (κ2) is 4.84. The van der Waals surface area contributed by atoms with Crippen molar-refractivity contribution in [2.45, 2.75) is 12.8 Å². The molecule has 0 radical (unpaired) electrons. The molecule has 0 heterocycles. The highest BCUT2D eigenvalue weighted by Gasteiger charge is 1.89. The van der Waals surface area contributed by atoms with Crippen LogP contribution in [-0.4, -0.2) is 11.1 Å². The maximum atomic E-state index is 9.82. The van der Waals surface area contributed by atoms with E-state index in [0.717, 1.165) is 0 Å². The van der Waals surface area contributed by atoms with Crippen LogP contribution in [0.1, 0.15) is 12.8 Å². The van der Waals surface area contributed by atoms with E-state index in [2.05, 4.69) is 15.9 Å². The summed E-state index contributed by atoms with van der Waals surface area (Å²) in [6, 6.07) is 0. The van der Waals surface area contributed by atoms with Crippen molar-refractivity contribution in [3.05, 3.63) is 11.1 Å². The first-order chi connectivity index (χ1) is 3.77. The average Bonchev–Trinajstić information content (AvgIpc) is 1.66. The second-order valence-electron chi connectivity index (χ2n) is 1.29. The number of halogens is 1. The minimum absolute atomic E-state index is 0.210. The van der Waals surface area contributed by atoms with E-state index in [1.54, 1.807) is 11.1 Å². The highest BCUT2D eigenvalue weighted by Crippen LogP contribution is 1.92. The first-order valence-corrected chi connectivity index (χ1v) is 3.16. The molecule has 0 spiro atoms. The standard InChI is InChI=1S/C5H7BrO2/c6-4-2-1-3-5(7)8/h2,4H,1,3H2,(H,7,8)/b4-2+. The van der Waals surface area contributed by atoms with Gasteiger partial charge >= 0.3 is 5.97 Å². The summed E-state index contributed by atoms with van der Waals surface area (Å²) in [6.07, 6.45) is 2.57. The quantitative estimate of drug-likeness (QED) is 0.716. The zero-order valence-corrected chi connectivity index (χ0v) is 5.89. The average molecular weight is 179 g/mol. The largest absolute Gasteiger partial charge is 0.481 e. The van der Waals surface area contributed by atoms with Gasteiger partial charge in [0.05, 0.1) is 0 Å². The molecule has 8 heavy (non-hydrogen) atoms. The van der Waals surface area contributed by atoms with Gasteiger partial charge in [0.1, 0.15) is 0 Å². The molecule has 0 aliphatic heterocycles. The van der Waals surface area contributed by atoms with Crippen molar-refractivity contribution >= 4 is 21.9 Å². The van der Waals surface area contributed by atoms with Gasteiger partial charge < -0.3 is 5.11 Å². The van der Waals surface area contributed by atoms with Crippen molar-refractivity contribution in [1.82, 2.24) is 0 Å². The van der Waals surface area contributed by atoms with Crippen molar-refractivity contribution in [1.29, 1.82) is 0 Å². The lowest BCUT2D eigenvalue weighted by Crippen LogP contribution is -1.91. The number of rotatable bonds is 3. The third-order valence-corrected chi connectivity index (χ3v) is 0.988. The summed E-state index contributed by atoms with van der Waals surface area (Å²) in [5, 5.41) is 8.09. The molecule has 0 fully saturated rings. The van der Waals surface area contributed by atoms with E-state index in [-0.39, 0.29) is 6.42 Å². The van der Waals surface area contributed by atoms with Gasteiger partial charge in [0.25, 0.3) is 0 Å². The number of hydrogen-bond acceptors (Lipinski definition) is 1.